The summed E-state index contributed by atoms with van der Waals surface area (Å²) < 4.78 is 10.7. The Morgan fingerprint density at radius 1 is 1.20 bits per heavy atom. The number of carbonyl (C=O) groups excluding carboxylic acids is 1. The van der Waals surface area contributed by atoms with E-state index in [4.69, 9.17) is 20.9 Å². The van der Waals surface area contributed by atoms with Crippen LogP contribution in [0.25, 0.3) is 11.4 Å². The molecule has 1 aliphatic heterocycles. The Balaban J connectivity index is 1.31. The topological polar surface area (TPSA) is 80.5 Å². The Morgan fingerprint density at radius 2 is 1.93 bits per heavy atom. The third-order valence-corrected chi connectivity index (χ3v) is 5.59. The molecule has 1 aromatic heterocycles. The molecule has 156 valence electrons. The van der Waals surface area contributed by atoms with Crippen molar-refractivity contribution >= 4 is 23.2 Å². The molecular formula is C22H23ClN4O3. The molecule has 0 radical (unpaired) electrons. The van der Waals surface area contributed by atoms with E-state index < -0.39 is 0 Å². The maximum absolute atomic E-state index is 12.7. The second-order valence-corrected chi connectivity index (χ2v) is 7.64. The zero-order valence-electron chi connectivity index (χ0n) is 16.7. The number of aromatic nitrogens is 2. The lowest BCUT2D eigenvalue weighted by atomic mass is 9.96. The van der Waals surface area contributed by atoms with Gasteiger partial charge in [0.25, 0.3) is 0 Å². The Labute approximate surface area is 180 Å². The predicted molar refractivity (Wildman–Crippen MR) is 114 cm³/mol. The normalized spacial score (nSPS) is 15.1. The monoisotopic (exact) mass is 426 g/mol. The summed E-state index contributed by atoms with van der Waals surface area (Å²) in [6, 6.07) is 14.8. The van der Waals surface area contributed by atoms with Crippen LogP contribution >= 0.6 is 11.6 Å². The van der Waals surface area contributed by atoms with Gasteiger partial charge in [-0.25, -0.2) is 0 Å². The van der Waals surface area contributed by atoms with Crippen molar-refractivity contribution in [2.75, 3.05) is 25.5 Å². The Kier molecular flexibility index (Phi) is 6.30. The average Bonchev–Trinajstić information content (AvgIpc) is 3.23. The number of halogens is 1. The summed E-state index contributed by atoms with van der Waals surface area (Å²) in [6.45, 7) is 2.12. The third kappa shape index (κ3) is 4.63. The Morgan fingerprint density at radius 3 is 2.70 bits per heavy atom. The third-order valence-electron chi connectivity index (χ3n) is 5.26. The molecular weight excluding hydrogens is 404 g/mol. The largest absolute Gasteiger partial charge is 0.495 e. The molecule has 0 atom stereocenters. The molecule has 8 heteroatoms. The number of likely N-dealkylation sites (tertiary alicyclic amines) is 1. The Bertz CT molecular complexity index is 1010. The number of benzene rings is 2. The van der Waals surface area contributed by atoms with Gasteiger partial charge in [0.2, 0.25) is 17.6 Å². The molecule has 0 aliphatic carbocycles. The summed E-state index contributed by atoms with van der Waals surface area (Å²) in [5.41, 5.74) is 1.45. The fourth-order valence-electron chi connectivity index (χ4n) is 3.60. The van der Waals surface area contributed by atoms with Crippen LogP contribution in [0.15, 0.2) is 53.1 Å². The number of ether oxygens (including phenoxy) is 1. The molecule has 1 aliphatic rings. The van der Waals surface area contributed by atoms with Crippen molar-refractivity contribution in [1.29, 1.82) is 0 Å². The number of rotatable bonds is 6. The van der Waals surface area contributed by atoms with Gasteiger partial charge < -0.3 is 14.6 Å². The smallest absolute Gasteiger partial charge is 0.241 e. The van der Waals surface area contributed by atoms with E-state index in [1.807, 2.05) is 42.5 Å². The van der Waals surface area contributed by atoms with Gasteiger partial charge in [0.05, 0.1) is 24.4 Å². The van der Waals surface area contributed by atoms with Gasteiger partial charge in [0.1, 0.15) is 5.75 Å². The van der Waals surface area contributed by atoms with Crippen LogP contribution in [0.1, 0.15) is 18.7 Å². The summed E-state index contributed by atoms with van der Waals surface area (Å²) in [6.07, 6.45) is 1.54. The second kappa shape index (κ2) is 9.28. The van der Waals surface area contributed by atoms with Crippen molar-refractivity contribution in [3.63, 3.8) is 0 Å². The number of nitrogens with zero attached hydrogens (tertiary/aromatic N) is 3. The number of anilines is 1. The number of methoxy groups -OCH3 is 1. The average molecular weight is 427 g/mol. The highest BCUT2D eigenvalue weighted by molar-refractivity contribution is 6.33. The molecule has 1 N–H and O–H groups in total. The number of nitrogens with one attached hydrogen (secondary N) is 1. The summed E-state index contributed by atoms with van der Waals surface area (Å²) >= 11 is 6.20. The van der Waals surface area contributed by atoms with Gasteiger partial charge in [-0.05, 0) is 50.2 Å². The van der Waals surface area contributed by atoms with Gasteiger partial charge in [-0.15, -0.1) is 0 Å². The summed E-state index contributed by atoms with van der Waals surface area (Å²) in [5, 5.41) is 7.62. The number of para-hydroxylation sites is 2. The van der Waals surface area contributed by atoms with Crippen molar-refractivity contribution < 1.29 is 14.1 Å². The molecule has 30 heavy (non-hydrogen) atoms. The van der Waals surface area contributed by atoms with Crippen molar-refractivity contribution in [3.05, 3.63) is 59.4 Å². The summed E-state index contributed by atoms with van der Waals surface area (Å²) in [4.78, 5) is 19.3. The van der Waals surface area contributed by atoms with Crippen molar-refractivity contribution in [2.45, 2.75) is 19.4 Å². The minimum atomic E-state index is -0.0347. The number of hydrogen-bond acceptors (Lipinski definition) is 6. The van der Waals surface area contributed by atoms with E-state index in [9.17, 15) is 4.79 Å². The van der Waals surface area contributed by atoms with E-state index in [0.29, 0.717) is 34.7 Å². The Hall–Kier alpha value is -2.90. The van der Waals surface area contributed by atoms with Crippen LogP contribution in [0.2, 0.25) is 5.02 Å². The summed E-state index contributed by atoms with van der Waals surface area (Å²) in [5.74, 6) is 1.68. The van der Waals surface area contributed by atoms with Crippen LogP contribution in [0.4, 0.5) is 5.69 Å². The van der Waals surface area contributed by atoms with Gasteiger partial charge in [0.15, 0.2) is 0 Å². The van der Waals surface area contributed by atoms with Crippen LogP contribution < -0.4 is 10.1 Å². The molecule has 1 saturated heterocycles. The summed E-state index contributed by atoms with van der Waals surface area (Å²) in [7, 11) is 1.60. The SMILES string of the molecule is COc1ccccc1NC(=O)C1CCN(Cc2nc(-c3ccccc3Cl)no2)CC1. The highest BCUT2D eigenvalue weighted by atomic mass is 35.5. The van der Waals surface area contributed by atoms with E-state index >= 15 is 0 Å². The van der Waals surface area contributed by atoms with Crippen molar-refractivity contribution in [2.24, 2.45) is 5.92 Å². The number of amides is 1. The zero-order chi connectivity index (χ0) is 20.9. The molecule has 2 aromatic carbocycles. The molecule has 0 spiro atoms. The predicted octanol–water partition coefficient (Wildman–Crippen LogP) is 4.25. The minimum Gasteiger partial charge on any atom is -0.495 e. The van der Waals surface area contributed by atoms with Gasteiger partial charge in [-0.1, -0.05) is 41.0 Å². The van der Waals surface area contributed by atoms with Crippen LogP contribution in [0.5, 0.6) is 5.75 Å². The fraction of sp³-hybridized carbons (Fsp3) is 0.318. The molecule has 3 aromatic rings. The first kappa shape index (κ1) is 20.4. The number of carbonyl (C=O) groups is 1. The van der Waals surface area contributed by atoms with Gasteiger partial charge >= 0.3 is 0 Å². The van der Waals surface area contributed by atoms with E-state index in [1.54, 1.807) is 13.2 Å². The number of hydrogen-bond donors (Lipinski definition) is 1. The first-order valence-electron chi connectivity index (χ1n) is 9.88. The van der Waals surface area contributed by atoms with E-state index in [-0.39, 0.29) is 11.8 Å². The van der Waals surface area contributed by atoms with Crippen LogP contribution in [-0.2, 0) is 11.3 Å². The van der Waals surface area contributed by atoms with Crippen molar-refractivity contribution in [1.82, 2.24) is 15.0 Å². The highest BCUT2D eigenvalue weighted by Gasteiger charge is 2.26. The van der Waals surface area contributed by atoms with Crippen LogP contribution in [-0.4, -0.2) is 41.1 Å². The molecule has 4 rings (SSSR count). The first-order valence-corrected chi connectivity index (χ1v) is 10.3. The quantitative estimate of drug-likeness (QED) is 0.634. The first-order chi connectivity index (χ1) is 14.6. The van der Waals surface area contributed by atoms with Crippen LogP contribution in [0.3, 0.4) is 0 Å². The lowest BCUT2D eigenvalue weighted by Gasteiger charge is -2.30. The molecule has 0 saturated carbocycles. The molecule has 7 nitrogen and oxygen atoms in total. The van der Waals surface area contributed by atoms with Gasteiger partial charge in [-0.3, -0.25) is 9.69 Å². The lowest BCUT2D eigenvalue weighted by Crippen LogP contribution is -2.37. The minimum absolute atomic E-state index is 0.0259. The molecule has 2 heterocycles. The fourth-order valence-corrected chi connectivity index (χ4v) is 3.82. The van der Waals surface area contributed by atoms with Crippen LogP contribution in [0, 0.1) is 5.92 Å². The highest BCUT2D eigenvalue weighted by Crippen LogP contribution is 2.27. The molecule has 1 fully saturated rings. The number of piperidine rings is 1. The van der Waals surface area contributed by atoms with Gasteiger partial charge in [0, 0.05) is 11.5 Å². The molecule has 1 amide bonds. The standard InChI is InChI=1S/C22H23ClN4O3/c1-29-19-9-5-4-8-18(19)24-22(28)15-10-12-27(13-11-15)14-20-25-21(26-30-20)16-6-2-3-7-17(16)23/h2-9,15H,10-14H2,1H3,(H,24,28). The second-order valence-electron chi connectivity index (χ2n) is 7.23. The maximum atomic E-state index is 12.7. The van der Waals surface area contributed by atoms with Gasteiger partial charge in [-0.2, -0.15) is 4.98 Å². The molecule has 0 bridgehead atoms. The zero-order valence-corrected chi connectivity index (χ0v) is 17.4. The van der Waals surface area contributed by atoms with E-state index in [2.05, 4.69) is 20.4 Å². The van der Waals surface area contributed by atoms with E-state index in [0.717, 1.165) is 31.5 Å². The maximum Gasteiger partial charge on any atom is 0.241 e. The van der Waals surface area contributed by atoms with E-state index in [1.165, 1.54) is 0 Å². The molecule has 0 unspecified atom stereocenters. The lowest BCUT2D eigenvalue weighted by molar-refractivity contribution is -0.121. The van der Waals surface area contributed by atoms with Crippen molar-refractivity contribution in [3.8, 4) is 17.1 Å².